The van der Waals surface area contributed by atoms with E-state index in [1.54, 1.807) is 12.1 Å². The third-order valence-electron chi connectivity index (χ3n) is 3.48. The van der Waals surface area contributed by atoms with E-state index in [4.69, 9.17) is 16.9 Å². The number of nitrogens with zero attached hydrogens (tertiary/aromatic N) is 2. The van der Waals surface area contributed by atoms with Crippen LogP contribution in [0.5, 0.6) is 0 Å². The summed E-state index contributed by atoms with van der Waals surface area (Å²) in [6.07, 6.45) is 3.95. The van der Waals surface area contributed by atoms with Gasteiger partial charge in [0.1, 0.15) is 6.07 Å². The van der Waals surface area contributed by atoms with Crippen molar-refractivity contribution in [3.8, 4) is 6.07 Å². The van der Waals surface area contributed by atoms with Gasteiger partial charge in [0, 0.05) is 17.6 Å². The zero-order valence-electron chi connectivity index (χ0n) is 11.3. The Morgan fingerprint density at radius 2 is 2.11 bits per heavy atom. The van der Waals surface area contributed by atoms with E-state index < -0.39 is 0 Å². The first-order chi connectivity index (χ1) is 9.19. The van der Waals surface area contributed by atoms with Gasteiger partial charge in [-0.2, -0.15) is 5.26 Å². The van der Waals surface area contributed by atoms with Crippen molar-refractivity contribution in [3.05, 3.63) is 28.8 Å². The van der Waals surface area contributed by atoms with Crippen molar-refractivity contribution < 1.29 is 0 Å². The number of nitriles is 1. The minimum absolute atomic E-state index is 0.309. The summed E-state index contributed by atoms with van der Waals surface area (Å²) in [6.45, 7) is 5.54. The largest absolute Gasteiger partial charge is 0.380 e. The summed E-state index contributed by atoms with van der Waals surface area (Å²) in [5, 5.41) is 13.2. The average molecular weight is 278 g/mol. The lowest BCUT2D eigenvalue weighted by Gasteiger charge is -2.29. The highest BCUT2D eigenvalue weighted by Gasteiger charge is 2.14. The molecule has 1 aliphatic heterocycles. The Bertz CT molecular complexity index is 461. The van der Waals surface area contributed by atoms with Gasteiger partial charge in [0.15, 0.2) is 0 Å². The van der Waals surface area contributed by atoms with Crippen LogP contribution in [0.3, 0.4) is 0 Å². The molecule has 1 aliphatic rings. The predicted octanol–water partition coefficient (Wildman–Crippen LogP) is 3.50. The van der Waals surface area contributed by atoms with Crippen LogP contribution in [0.2, 0.25) is 5.02 Å². The molecule has 1 heterocycles. The Morgan fingerprint density at radius 3 is 2.79 bits per heavy atom. The number of anilines is 1. The van der Waals surface area contributed by atoms with Crippen LogP contribution in [0.15, 0.2) is 18.2 Å². The van der Waals surface area contributed by atoms with Crippen molar-refractivity contribution in [2.75, 3.05) is 25.0 Å². The molecule has 1 unspecified atom stereocenters. The first-order valence-corrected chi connectivity index (χ1v) is 7.25. The van der Waals surface area contributed by atoms with Gasteiger partial charge < -0.3 is 10.2 Å². The Morgan fingerprint density at radius 1 is 1.37 bits per heavy atom. The van der Waals surface area contributed by atoms with E-state index in [9.17, 15) is 0 Å². The highest BCUT2D eigenvalue weighted by molar-refractivity contribution is 6.30. The molecule has 1 fully saturated rings. The summed E-state index contributed by atoms with van der Waals surface area (Å²) in [7, 11) is 0. The molecule has 0 aromatic heterocycles. The normalized spacial score (nSPS) is 17.7. The van der Waals surface area contributed by atoms with E-state index in [0.717, 1.165) is 12.2 Å². The number of likely N-dealkylation sites (tertiary alicyclic amines) is 1. The molecule has 1 aromatic rings. The van der Waals surface area contributed by atoms with Crippen molar-refractivity contribution in [2.45, 2.75) is 32.2 Å². The predicted molar refractivity (Wildman–Crippen MR) is 79.5 cm³/mol. The fourth-order valence-corrected chi connectivity index (χ4v) is 2.75. The molecule has 102 valence electrons. The zero-order chi connectivity index (χ0) is 13.7. The van der Waals surface area contributed by atoms with Crippen molar-refractivity contribution in [3.63, 3.8) is 0 Å². The average Bonchev–Trinajstić information content (AvgIpc) is 2.40. The molecule has 0 amide bonds. The maximum Gasteiger partial charge on any atom is 0.101 e. The van der Waals surface area contributed by atoms with Crippen LogP contribution >= 0.6 is 11.6 Å². The Balaban J connectivity index is 1.96. The molecule has 4 heteroatoms. The first kappa shape index (κ1) is 14.2. The Labute approximate surface area is 120 Å². The fourth-order valence-electron chi connectivity index (χ4n) is 2.57. The molecule has 0 spiro atoms. The highest BCUT2D eigenvalue weighted by Crippen LogP contribution is 2.21. The molecule has 1 aromatic carbocycles. The molecule has 3 nitrogen and oxygen atoms in total. The van der Waals surface area contributed by atoms with E-state index in [1.165, 1.54) is 32.4 Å². The van der Waals surface area contributed by atoms with Crippen LogP contribution in [0, 0.1) is 11.3 Å². The summed E-state index contributed by atoms with van der Waals surface area (Å²) in [4.78, 5) is 2.48. The zero-order valence-corrected chi connectivity index (χ0v) is 12.1. The second-order valence-corrected chi connectivity index (χ2v) is 5.64. The van der Waals surface area contributed by atoms with E-state index in [-0.39, 0.29) is 0 Å². The summed E-state index contributed by atoms with van der Waals surface area (Å²) < 4.78 is 0. The number of hydrogen-bond donors (Lipinski definition) is 1. The van der Waals surface area contributed by atoms with Crippen molar-refractivity contribution in [2.24, 2.45) is 0 Å². The smallest absolute Gasteiger partial charge is 0.101 e. The molecule has 2 rings (SSSR count). The van der Waals surface area contributed by atoms with Crippen molar-refractivity contribution in [1.29, 1.82) is 5.26 Å². The number of halogens is 1. The maximum absolute atomic E-state index is 9.10. The second-order valence-electron chi connectivity index (χ2n) is 5.21. The molecule has 0 bridgehead atoms. The summed E-state index contributed by atoms with van der Waals surface area (Å²) in [6, 6.07) is 7.84. The summed E-state index contributed by atoms with van der Waals surface area (Å²) >= 11 is 5.99. The number of nitrogens with one attached hydrogen (secondary N) is 1. The Hall–Kier alpha value is -1.24. The van der Waals surface area contributed by atoms with Gasteiger partial charge >= 0.3 is 0 Å². The van der Waals surface area contributed by atoms with Crippen LogP contribution in [-0.2, 0) is 0 Å². The fraction of sp³-hybridized carbons (Fsp3) is 0.533. The molecule has 0 radical (unpaired) electrons. The lowest BCUT2D eigenvalue weighted by molar-refractivity contribution is 0.223. The molecule has 1 atom stereocenters. The molecule has 0 saturated carbocycles. The van der Waals surface area contributed by atoms with E-state index in [0.29, 0.717) is 16.6 Å². The number of piperidine rings is 1. The van der Waals surface area contributed by atoms with Gasteiger partial charge in [-0.15, -0.1) is 0 Å². The number of hydrogen-bond acceptors (Lipinski definition) is 3. The van der Waals surface area contributed by atoms with Gasteiger partial charge in [0.25, 0.3) is 0 Å². The van der Waals surface area contributed by atoms with Gasteiger partial charge in [-0.05, 0) is 51.1 Å². The molecule has 1 saturated heterocycles. The molecular formula is C15H20ClN3. The third kappa shape index (κ3) is 4.12. The van der Waals surface area contributed by atoms with E-state index >= 15 is 0 Å². The molecule has 0 aliphatic carbocycles. The molecular weight excluding hydrogens is 258 g/mol. The topological polar surface area (TPSA) is 39.1 Å². The third-order valence-corrected chi connectivity index (χ3v) is 3.72. The summed E-state index contributed by atoms with van der Waals surface area (Å²) in [5.41, 5.74) is 1.48. The van der Waals surface area contributed by atoms with E-state index in [1.807, 2.05) is 6.07 Å². The lowest BCUT2D eigenvalue weighted by atomic mass is 10.1. The molecule has 19 heavy (non-hydrogen) atoms. The van der Waals surface area contributed by atoms with Crippen LogP contribution in [-0.4, -0.2) is 30.6 Å². The van der Waals surface area contributed by atoms with Crippen LogP contribution in [0.1, 0.15) is 31.7 Å². The maximum atomic E-state index is 9.10. The second kappa shape index (κ2) is 6.79. The first-order valence-electron chi connectivity index (χ1n) is 6.87. The quantitative estimate of drug-likeness (QED) is 0.916. The van der Waals surface area contributed by atoms with Crippen LogP contribution in [0.4, 0.5) is 5.69 Å². The summed E-state index contributed by atoms with van der Waals surface area (Å²) in [5.74, 6) is 0. The van der Waals surface area contributed by atoms with Gasteiger partial charge in [0.05, 0.1) is 11.3 Å². The number of rotatable bonds is 4. The van der Waals surface area contributed by atoms with Gasteiger partial charge in [-0.3, -0.25) is 0 Å². The SMILES string of the molecule is CC(CN1CCCCC1)Nc1cc(Cl)ccc1C#N. The van der Waals surface area contributed by atoms with Gasteiger partial charge in [0.2, 0.25) is 0 Å². The minimum Gasteiger partial charge on any atom is -0.380 e. The van der Waals surface area contributed by atoms with Gasteiger partial charge in [-0.1, -0.05) is 18.0 Å². The van der Waals surface area contributed by atoms with Crippen LogP contribution < -0.4 is 5.32 Å². The van der Waals surface area contributed by atoms with Crippen molar-refractivity contribution >= 4 is 17.3 Å². The van der Waals surface area contributed by atoms with Crippen LogP contribution in [0.25, 0.3) is 0 Å². The number of benzene rings is 1. The Kier molecular flexibility index (Phi) is 5.07. The minimum atomic E-state index is 0.309. The standard InChI is InChI=1S/C15H20ClN3/c1-12(11-19-7-3-2-4-8-19)18-15-9-14(16)6-5-13(15)10-17/h5-6,9,12,18H,2-4,7-8,11H2,1H3. The van der Waals surface area contributed by atoms with E-state index in [2.05, 4.69) is 23.2 Å². The van der Waals surface area contributed by atoms with Gasteiger partial charge in [-0.25, -0.2) is 0 Å². The highest BCUT2D eigenvalue weighted by atomic mass is 35.5. The van der Waals surface area contributed by atoms with Crippen molar-refractivity contribution in [1.82, 2.24) is 4.90 Å². The lowest BCUT2D eigenvalue weighted by Crippen LogP contribution is -2.38. The monoisotopic (exact) mass is 277 g/mol. The molecule has 1 N–H and O–H groups in total.